The first-order valence-corrected chi connectivity index (χ1v) is 14.8. The summed E-state index contributed by atoms with van der Waals surface area (Å²) in [6, 6.07) is 18.3. The zero-order chi connectivity index (χ0) is 29.0. The molecule has 10 heteroatoms. The summed E-state index contributed by atoms with van der Waals surface area (Å²) in [6.45, 7) is 9.32. The SMILES string of the molecule is CC(C)(C)OC(=O)N1CC(N2C[C@H]3C[C@H](n4nc(-c5ccc(Oc6ccccc6)cc5)c5c(N)ncnc54)C[C@H]3C2)C1. The summed E-state index contributed by atoms with van der Waals surface area (Å²) in [5, 5.41) is 5.90. The highest BCUT2D eigenvalue weighted by Crippen LogP contribution is 2.46. The molecule has 0 unspecified atom stereocenters. The van der Waals surface area contributed by atoms with Crippen molar-refractivity contribution < 1.29 is 14.3 Å². The Kier molecular flexibility index (Phi) is 6.53. The van der Waals surface area contributed by atoms with Crippen molar-refractivity contribution in [3.05, 3.63) is 60.9 Å². The molecular formula is C32H37N7O3. The van der Waals surface area contributed by atoms with E-state index in [2.05, 4.69) is 19.5 Å². The van der Waals surface area contributed by atoms with Crippen molar-refractivity contribution in [1.82, 2.24) is 29.5 Å². The van der Waals surface area contributed by atoms with E-state index in [1.807, 2.05) is 80.3 Å². The molecule has 2 saturated heterocycles. The van der Waals surface area contributed by atoms with Gasteiger partial charge in [0.25, 0.3) is 0 Å². The van der Waals surface area contributed by atoms with Crippen LogP contribution >= 0.6 is 0 Å². The maximum absolute atomic E-state index is 12.4. The largest absolute Gasteiger partial charge is 0.457 e. The molecule has 10 nitrogen and oxygen atoms in total. The lowest BCUT2D eigenvalue weighted by Crippen LogP contribution is -2.61. The van der Waals surface area contributed by atoms with Crippen LogP contribution in [0.5, 0.6) is 11.5 Å². The Bertz CT molecular complexity index is 1580. The van der Waals surface area contributed by atoms with E-state index in [0.717, 1.165) is 72.8 Å². The number of nitrogens with two attached hydrogens (primary N) is 1. The minimum absolute atomic E-state index is 0.209. The average molecular weight is 568 g/mol. The summed E-state index contributed by atoms with van der Waals surface area (Å²) in [7, 11) is 0. The number of carbonyl (C=O) groups excluding carboxylic acids is 1. The van der Waals surface area contributed by atoms with Gasteiger partial charge in [-0.05, 0) is 81.8 Å². The van der Waals surface area contributed by atoms with Crippen LogP contribution in [0.25, 0.3) is 22.3 Å². The molecule has 42 heavy (non-hydrogen) atoms. The molecule has 0 bridgehead atoms. The molecule has 2 N–H and O–H groups in total. The lowest BCUT2D eigenvalue weighted by Gasteiger charge is -2.44. The second-order valence-corrected chi connectivity index (χ2v) is 12.8. The highest BCUT2D eigenvalue weighted by Gasteiger charge is 2.47. The molecule has 1 aliphatic carbocycles. The van der Waals surface area contributed by atoms with Gasteiger partial charge in [-0.1, -0.05) is 18.2 Å². The Balaban J connectivity index is 1.04. The third-order valence-corrected chi connectivity index (χ3v) is 8.76. The number of aromatic nitrogens is 4. The molecular weight excluding hydrogens is 530 g/mol. The molecule has 4 heterocycles. The maximum atomic E-state index is 12.4. The lowest BCUT2D eigenvalue weighted by atomic mass is 10.0. The number of ether oxygens (including phenoxy) is 2. The van der Waals surface area contributed by atoms with Gasteiger partial charge in [0.05, 0.1) is 11.4 Å². The number of amides is 1. The fourth-order valence-electron chi connectivity index (χ4n) is 6.72. The van der Waals surface area contributed by atoms with Gasteiger partial charge in [-0.15, -0.1) is 0 Å². The summed E-state index contributed by atoms with van der Waals surface area (Å²) in [5.74, 6) is 3.19. The maximum Gasteiger partial charge on any atom is 0.410 e. The standard InChI is InChI=1S/C32H37N7O3/c1-32(2,3)42-31(40)38-17-24(18-38)37-15-21-13-23(14-22(21)16-37)39-30-27(29(33)34-19-35-30)28(36-39)20-9-11-26(12-10-20)41-25-7-5-4-6-8-25/h4-12,19,21-24H,13-18H2,1-3H3,(H2,33,34,35)/t21-,22+,23+. The Labute approximate surface area is 245 Å². The van der Waals surface area contributed by atoms with Gasteiger partial charge in [-0.2, -0.15) is 5.10 Å². The molecule has 1 saturated carbocycles. The molecule has 7 rings (SSSR count). The van der Waals surface area contributed by atoms with Gasteiger partial charge < -0.3 is 20.1 Å². The Hall–Kier alpha value is -4.18. The summed E-state index contributed by atoms with van der Waals surface area (Å²) < 4.78 is 13.6. The number of fused-ring (bicyclic) bond motifs is 2. The summed E-state index contributed by atoms with van der Waals surface area (Å²) in [4.78, 5) is 25.7. The van der Waals surface area contributed by atoms with Crippen LogP contribution in [0.3, 0.4) is 0 Å². The Morgan fingerprint density at radius 2 is 1.55 bits per heavy atom. The van der Waals surface area contributed by atoms with Crippen LogP contribution in [0.4, 0.5) is 10.6 Å². The molecule has 3 fully saturated rings. The number of para-hydroxylation sites is 1. The van der Waals surface area contributed by atoms with Crippen molar-refractivity contribution in [2.45, 2.75) is 51.3 Å². The molecule has 218 valence electrons. The van der Waals surface area contributed by atoms with Gasteiger partial charge in [0.15, 0.2) is 5.65 Å². The highest BCUT2D eigenvalue weighted by atomic mass is 16.6. The van der Waals surface area contributed by atoms with Gasteiger partial charge in [0.1, 0.15) is 34.9 Å². The van der Waals surface area contributed by atoms with Crippen molar-refractivity contribution in [3.63, 3.8) is 0 Å². The first-order valence-electron chi connectivity index (χ1n) is 14.8. The summed E-state index contributed by atoms with van der Waals surface area (Å²) >= 11 is 0. The summed E-state index contributed by atoms with van der Waals surface area (Å²) in [6.07, 6.45) is 3.42. The predicted octanol–water partition coefficient (Wildman–Crippen LogP) is 5.37. The van der Waals surface area contributed by atoms with Crippen molar-refractivity contribution in [1.29, 1.82) is 0 Å². The number of nitrogen functional groups attached to an aromatic ring is 1. The number of rotatable bonds is 5. The third kappa shape index (κ3) is 5.04. The Morgan fingerprint density at radius 1 is 0.881 bits per heavy atom. The van der Waals surface area contributed by atoms with Crippen molar-refractivity contribution in [2.24, 2.45) is 11.8 Å². The minimum atomic E-state index is -0.464. The zero-order valence-electron chi connectivity index (χ0n) is 24.3. The van der Waals surface area contributed by atoms with Gasteiger partial charge in [0, 0.05) is 37.8 Å². The number of hydrogen-bond donors (Lipinski definition) is 1. The van der Waals surface area contributed by atoms with E-state index in [4.69, 9.17) is 20.3 Å². The van der Waals surface area contributed by atoms with Crippen LogP contribution in [0, 0.1) is 11.8 Å². The molecule has 0 radical (unpaired) electrons. The van der Waals surface area contributed by atoms with E-state index < -0.39 is 5.60 Å². The lowest BCUT2D eigenvalue weighted by molar-refractivity contribution is -0.0126. The van der Waals surface area contributed by atoms with E-state index in [1.54, 1.807) is 0 Å². The number of hydrogen-bond acceptors (Lipinski definition) is 8. The van der Waals surface area contributed by atoms with Gasteiger partial charge >= 0.3 is 6.09 Å². The molecule has 1 amide bonds. The number of carbonyl (C=O) groups is 1. The first-order chi connectivity index (χ1) is 20.2. The predicted molar refractivity (Wildman–Crippen MR) is 160 cm³/mol. The van der Waals surface area contributed by atoms with Crippen LogP contribution in [0.15, 0.2) is 60.9 Å². The normalized spacial score (nSPS) is 22.7. The fraction of sp³-hybridized carbons (Fsp3) is 0.438. The van der Waals surface area contributed by atoms with Gasteiger partial charge in [-0.3, -0.25) is 4.90 Å². The zero-order valence-corrected chi connectivity index (χ0v) is 24.3. The topological polar surface area (TPSA) is 112 Å². The number of likely N-dealkylation sites (tertiary alicyclic amines) is 2. The average Bonchev–Trinajstić information content (AvgIpc) is 3.60. The van der Waals surface area contributed by atoms with Gasteiger partial charge in [0.2, 0.25) is 0 Å². The summed E-state index contributed by atoms with van der Waals surface area (Å²) in [5.41, 5.74) is 8.47. The monoisotopic (exact) mass is 567 g/mol. The quantitative estimate of drug-likeness (QED) is 0.343. The highest BCUT2D eigenvalue weighted by molar-refractivity contribution is 5.98. The molecule has 3 atom stereocenters. The minimum Gasteiger partial charge on any atom is -0.457 e. The Morgan fingerprint density at radius 3 is 2.21 bits per heavy atom. The fourth-order valence-corrected chi connectivity index (χ4v) is 6.72. The number of nitrogens with zero attached hydrogens (tertiary/aromatic N) is 6. The number of benzene rings is 2. The second kappa shape index (κ2) is 10.3. The smallest absolute Gasteiger partial charge is 0.410 e. The molecule has 2 aliphatic heterocycles. The van der Waals surface area contributed by atoms with Crippen LogP contribution in [0.1, 0.15) is 39.7 Å². The van der Waals surface area contributed by atoms with E-state index in [9.17, 15) is 4.79 Å². The van der Waals surface area contributed by atoms with E-state index >= 15 is 0 Å². The van der Waals surface area contributed by atoms with Crippen LogP contribution in [-0.2, 0) is 4.74 Å². The molecule has 3 aliphatic rings. The first kappa shape index (κ1) is 26.7. The molecule has 0 spiro atoms. The van der Waals surface area contributed by atoms with Crippen molar-refractivity contribution in [2.75, 3.05) is 31.9 Å². The van der Waals surface area contributed by atoms with Crippen LogP contribution in [-0.4, -0.2) is 73.5 Å². The second-order valence-electron chi connectivity index (χ2n) is 12.8. The number of anilines is 1. The van der Waals surface area contributed by atoms with Crippen LogP contribution < -0.4 is 10.5 Å². The van der Waals surface area contributed by atoms with Crippen molar-refractivity contribution in [3.8, 4) is 22.8 Å². The molecule has 2 aromatic carbocycles. The van der Waals surface area contributed by atoms with Crippen molar-refractivity contribution >= 4 is 22.9 Å². The van der Waals surface area contributed by atoms with E-state index in [-0.39, 0.29) is 12.1 Å². The van der Waals surface area contributed by atoms with E-state index in [0.29, 0.717) is 23.7 Å². The molecule has 2 aromatic heterocycles. The van der Waals surface area contributed by atoms with Crippen LogP contribution in [0.2, 0.25) is 0 Å². The van der Waals surface area contributed by atoms with Gasteiger partial charge in [-0.25, -0.2) is 19.4 Å². The van der Waals surface area contributed by atoms with E-state index in [1.165, 1.54) is 6.33 Å². The molecule has 4 aromatic rings. The third-order valence-electron chi connectivity index (χ3n) is 8.76.